The van der Waals surface area contributed by atoms with Gasteiger partial charge in [-0.25, -0.2) is 19.1 Å². The summed E-state index contributed by atoms with van der Waals surface area (Å²) in [6.07, 6.45) is 0.744. The highest BCUT2D eigenvalue weighted by Crippen LogP contribution is 2.20. The van der Waals surface area contributed by atoms with Crippen molar-refractivity contribution in [3.63, 3.8) is 0 Å². The van der Waals surface area contributed by atoms with Gasteiger partial charge in [0.2, 0.25) is 0 Å². The Labute approximate surface area is 109 Å². The molecule has 0 spiro atoms. The lowest BCUT2D eigenvalue weighted by molar-refractivity contribution is 0.0512. The van der Waals surface area contributed by atoms with Crippen LogP contribution in [-0.4, -0.2) is 32.3 Å². The summed E-state index contributed by atoms with van der Waals surface area (Å²) in [6.45, 7) is 5.14. The van der Waals surface area contributed by atoms with Gasteiger partial charge in [0.25, 0.3) is 0 Å². The van der Waals surface area contributed by atoms with Gasteiger partial charge in [-0.2, -0.15) is 0 Å². The van der Waals surface area contributed by atoms with E-state index < -0.39 is 17.7 Å². The topological polar surface area (TPSA) is 81.4 Å². The van der Waals surface area contributed by atoms with Crippen molar-refractivity contribution in [2.45, 2.75) is 26.4 Å². The Morgan fingerprint density at radius 2 is 2.05 bits per heavy atom. The smallest absolute Gasteiger partial charge is 0.420 e. The Kier molecular flexibility index (Phi) is 3.01. The second-order valence-electron chi connectivity index (χ2n) is 5.07. The fourth-order valence-electron chi connectivity index (χ4n) is 1.68. The molecule has 0 aliphatic rings. The minimum absolute atomic E-state index is 0.164. The number of ether oxygens (including phenoxy) is 1. The van der Waals surface area contributed by atoms with Crippen molar-refractivity contribution in [2.24, 2.45) is 0 Å². The van der Waals surface area contributed by atoms with Gasteiger partial charge < -0.3 is 9.84 Å². The fourth-order valence-corrected chi connectivity index (χ4v) is 1.68. The van der Waals surface area contributed by atoms with Gasteiger partial charge in [-0.3, -0.25) is 0 Å². The molecule has 0 radical (unpaired) electrons. The zero-order valence-electron chi connectivity index (χ0n) is 10.9. The molecule has 19 heavy (non-hydrogen) atoms. The van der Waals surface area contributed by atoms with Gasteiger partial charge in [-0.05, 0) is 39.0 Å². The predicted octanol–water partition coefficient (Wildman–Crippen LogP) is 2.52. The number of aromatic carboxylic acids is 1. The quantitative estimate of drug-likeness (QED) is 0.853. The van der Waals surface area contributed by atoms with E-state index in [4.69, 9.17) is 9.84 Å². The summed E-state index contributed by atoms with van der Waals surface area (Å²) in [7, 11) is 0. The van der Waals surface area contributed by atoms with Crippen LogP contribution in [0.2, 0.25) is 0 Å². The summed E-state index contributed by atoms with van der Waals surface area (Å²) in [5.74, 6) is -1.20. The van der Waals surface area contributed by atoms with E-state index in [9.17, 15) is 9.59 Å². The number of aromatic nitrogens is 2. The molecule has 2 aromatic rings. The van der Waals surface area contributed by atoms with Gasteiger partial charge in [-0.15, -0.1) is 0 Å². The lowest BCUT2D eigenvalue weighted by Gasteiger charge is -2.20. The largest absolute Gasteiger partial charge is 0.477 e. The third-order valence-electron chi connectivity index (χ3n) is 2.36. The van der Waals surface area contributed by atoms with Crippen molar-refractivity contribution in [1.82, 2.24) is 9.55 Å². The minimum Gasteiger partial charge on any atom is -0.477 e. The van der Waals surface area contributed by atoms with E-state index in [1.54, 1.807) is 32.9 Å². The summed E-state index contributed by atoms with van der Waals surface area (Å²) in [5.41, 5.74) is -0.602. The zero-order valence-corrected chi connectivity index (χ0v) is 10.9. The van der Waals surface area contributed by atoms with Gasteiger partial charge in [0.15, 0.2) is 0 Å². The first-order valence-corrected chi connectivity index (χ1v) is 5.73. The summed E-state index contributed by atoms with van der Waals surface area (Å²) in [6, 6.07) is 4.76. The molecule has 0 aliphatic heterocycles. The lowest BCUT2D eigenvalue weighted by Crippen LogP contribution is -2.28. The normalized spacial score (nSPS) is 11.5. The number of hydrogen-bond donors (Lipinski definition) is 1. The highest BCUT2D eigenvalue weighted by Gasteiger charge is 2.25. The number of carboxylic acid groups (broad SMARTS) is 1. The van der Waals surface area contributed by atoms with Crippen LogP contribution in [0.15, 0.2) is 24.4 Å². The Morgan fingerprint density at radius 3 is 2.63 bits per heavy atom. The number of fused-ring (bicyclic) bond motifs is 1. The van der Waals surface area contributed by atoms with Crippen LogP contribution in [0.3, 0.4) is 0 Å². The van der Waals surface area contributed by atoms with Crippen LogP contribution in [0.1, 0.15) is 31.3 Å². The highest BCUT2D eigenvalue weighted by molar-refractivity contribution is 5.99. The maximum absolute atomic E-state index is 12.1. The van der Waals surface area contributed by atoms with Crippen molar-refractivity contribution in [3.05, 3.63) is 30.1 Å². The molecule has 0 aromatic carbocycles. The number of hydrogen-bond acceptors (Lipinski definition) is 4. The molecule has 0 aliphatic carbocycles. The Hall–Kier alpha value is -2.37. The number of rotatable bonds is 1. The average Bonchev–Trinajstić information content (AvgIpc) is 2.65. The molecule has 2 heterocycles. The standard InChI is InChI=1S/C13H14N2O4/c1-13(2,3)19-12(18)15-9(11(16)17)7-8-5-4-6-14-10(8)15/h4-7H,1-3H3,(H,16,17). The molecule has 6 nitrogen and oxygen atoms in total. The van der Waals surface area contributed by atoms with E-state index in [0.29, 0.717) is 5.39 Å². The molecule has 6 heteroatoms. The molecular weight excluding hydrogens is 248 g/mol. The third-order valence-corrected chi connectivity index (χ3v) is 2.36. The number of pyridine rings is 1. The van der Waals surface area contributed by atoms with Gasteiger partial charge in [0.05, 0.1) is 0 Å². The molecule has 100 valence electrons. The van der Waals surface area contributed by atoms with Crippen molar-refractivity contribution in [1.29, 1.82) is 0 Å². The molecule has 0 amide bonds. The van der Waals surface area contributed by atoms with Crippen LogP contribution in [0.25, 0.3) is 11.0 Å². The number of nitrogens with zero attached hydrogens (tertiary/aromatic N) is 2. The van der Waals surface area contributed by atoms with E-state index in [1.165, 1.54) is 12.3 Å². The molecule has 1 N–H and O–H groups in total. The van der Waals surface area contributed by atoms with Crippen LogP contribution >= 0.6 is 0 Å². The van der Waals surface area contributed by atoms with Crippen molar-refractivity contribution in [3.8, 4) is 0 Å². The van der Waals surface area contributed by atoms with Gasteiger partial charge in [-0.1, -0.05) is 0 Å². The molecule has 2 aromatic heterocycles. The predicted molar refractivity (Wildman–Crippen MR) is 68.3 cm³/mol. The lowest BCUT2D eigenvalue weighted by atomic mass is 10.2. The Morgan fingerprint density at radius 1 is 1.37 bits per heavy atom. The molecule has 2 rings (SSSR count). The number of carbonyl (C=O) groups excluding carboxylic acids is 1. The Balaban J connectivity index is 2.60. The molecular formula is C13H14N2O4. The first kappa shape index (κ1) is 13.1. The van der Waals surface area contributed by atoms with Crippen molar-refractivity contribution in [2.75, 3.05) is 0 Å². The molecule has 0 saturated carbocycles. The first-order chi connectivity index (χ1) is 8.79. The second kappa shape index (κ2) is 4.38. The summed E-state index contributed by atoms with van der Waals surface area (Å²) in [4.78, 5) is 27.3. The van der Waals surface area contributed by atoms with Gasteiger partial charge in [0.1, 0.15) is 16.9 Å². The molecule has 0 bridgehead atoms. The second-order valence-corrected chi connectivity index (χ2v) is 5.07. The van der Waals surface area contributed by atoms with E-state index in [2.05, 4.69) is 4.98 Å². The van der Waals surface area contributed by atoms with E-state index >= 15 is 0 Å². The van der Waals surface area contributed by atoms with Crippen molar-refractivity contribution < 1.29 is 19.4 Å². The number of carbonyl (C=O) groups is 2. The highest BCUT2D eigenvalue weighted by atomic mass is 16.6. The minimum atomic E-state index is -1.20. The summed E-state index contributed by atoms with van der Waals surface area (Å²) >= 11 is 0. The van der Waals surface area contributed by atoms with Crippen LogP contribution < -0.4 is 0 Å². The average molecular weight is 262 g/mol. The molecule has 0 atom stereocenters. The molecule has 0 fully saturated rings. The Bertz CT molecular complexity index is 652. The van der Waals surface area contributed by atoms with Crippen molar-refractivity contribution >= 4 is 23.1 Å². The summed E-state index contributed by atoms with van der Waals surface area (Å²) in [5, 5.41) is 9.73. The zero-order chi connectivity index (χ0) is 14.2. The third kappa shape index (κ3) is 2.57. The van der Waals surface area contributed by atoms with E-state index in [0.717, 1.165) is 4.57 Å². The van der Waals surface area contributed by atoms with Gasteiger partial charge >= 0.3 is 12.1 Å². The van der Waals surface area contributed by atoms with E-state index in [1.807, 2.05) is 0 Å². The number of carboxylic acids is 1. The van der Waals surface area contributed by atoms with Gasteiger partial charge in [0, 0.05) is 11.6 Å². The summed E-state index contributed by atoms with van der Waals surface area (Å²) < 4.78 is 6.18. The molecule has 0 saturated heterocycles. The fraction of sp³-hybridized carbons (Fsp3) is 0.308. The van der Waals surface area contributed by atoms with Crippen LogP contribution in [0.4, 0.5) is 4.79 Å². The van der Waals surface area contributed by atoms with E-state index in [-0.39, 0.29) is 11.3 Å². The van der Waals surface area contributed by atoms with Crippen LogP contribution in [-0.2, 0) is 4.74 Å². The first-order valence-electron chi connectivity index (χ1n) is 5.73. The maximum atomic E-state index is 12.1. The maximum Gasteiger partial charge on any atom is 0.420 e. The monoisotopic (exact) mass is 262 g/mol. The molecule has 0 unspecified atom stereocenters. The van der Waals surface area contributed by atoms with Crippen LogP contribution in [0.5, 0.6) is 0 Å². The van der Waals surface area contributed by atoms with Crippen LogP contribution in [0, 0.1) is 0 Å². The SMILES string of the molecule is CC(C)(C)OC(=O)n1c(C(=O)O)cc2cccnc21.